The normalized spacial score (nSPS) is 27.1. The van der Waals surface area contributed by atoms with E-state index in [0.29, 0.717) is 6.04 Å². The fraction of sp³-hybridized carbons (Fsp3) is 0.615. The molecule has 1 N–H and O–H groups in total. The lowest BCUT2D eigenvalue weighted by Gasteiger charge is -2.44. The Bertz CT molecular complexity index is 421. The largest absolute Gasteiger partial charge is 0.380 e. The van der Waals surface area contributed by atoms with E-state index in [9.17, 15) is 0 Å². The van der Waals surface area contributed by atoms with Gasteiger partial charge in [-0.3, -0.25) is 0 Å². The first-order chi connectivity index (χ1) is 8.28. The predicted molar refractivity (Wildman–Crippen MR) is 74.6 cm³/mol. The molecule has 0 aromatic carbocycles. The molecule has 2 aliphatic heterocycles. The Morgan fingerprint density at radius 2 is 2.47 bits per heavy atom. The number of hydrogen-bond acceptors (Lipinski definition) is 3. The zero-order valence-electron chi connectivity index (χ0n) is 10.1. The number of nitrogens with one attached hydrogen (secondary N) is 1. The lowest BCUT2D eigenvalue weighted by Crippen LogP contribution is -2.49. The molecular formula is C13H18BrN3. The third-order valence-corrected chi connectivity index (χ3v) is 4.47. The van der Waals surface area contributed by atoms with E-state index < -0.39 is 0 Å². The molecule has 2 atom stereocenters. The van der Waals surface area contributed by atoms with Gasteiger partial charge < -0.3 is 10.2 Å². The average Bonchev–Trinajstić information content (AvgIpc) is 2.37. The van der Waals surface area contributed by atoms with E-state index in [1.54, 1.807) is 0 Å². The van der Waals surface area contributed by atoms with E-state index in [2.05, 4.69) is 44.1 Å². The SMILES string of the molecule is CCC1CCN2c3ncc(Br)cc3NCC2C1. The number of anilines is 2. The minimum absolute atomic E-state index is 0.634. The molecule has 2 unspecified atom stereocenters. The summed E-state index contributed by atoms with van der Waals surface area (Å²) < 4.78 is 1.05. The molecule has 0 radical (unpaired) electrons. The summed E-state index contributed by atoms with van der Waals surface area (Å²) in [5.74, 6) is 2.04. The van der Waals surface area contributed by atoms with Gasteiger partial charge in [0, 0.05) is 29.8 Å². The molecule has 0 amide bonds. The first-order valence-electron chi connectivity index (χ1n) is 6.44. The molecule has 4 heteroatoms. The molecule has 0 saturated carbocycles. The topological polar surface area (TPSA) is 28.2 Å². The monoisotopic (exact) mass is 295 g/mol. The molecule has 0 aliphatic carbocycles. The van der Waals surface area contributed by atoms with Crippen LogP contribution in [0.5, 0.6) is 0 Å². The number of piperidine rings is 1. The highest BCUT2D eigenvalue weighted by atomic mass is 79.9. The average molecular weight is 296 g/mol. The Balaban J connectivity index is 1.87. The van der Waals surface area contributed by atoms with Crippen LogP contribution in [0.25, 0.3) is 0 Å². The van der Waals surface area contributed by atoms with Crippen LogP contribution in [0.4, 0.5) is 11.5 Å². The standard InChI is InChI=1S/C13H18BrN3/c1-2-9-3-4-17-11(5-9)8-15-12-6-10(14)7-16-13(12)17/h6-7,9,11,15H,2-5,8H2,1H3. The Kier molecular flexibility index (Phi) is 2.99. The number of nitrogens with zero attached hydrogens (tertiary/aromatic N) is 2. The van der Waals surface area contributed by atoms with Crippen molar-refractivity contribution in [3.8, 4) is 0 Å². The number of pyridine rings is 1. The minimum Gasteiger partial charge on any atom is -0.380 e. The fourth-order valence-corrected chi connectivity index (χ4v) is 3.33. The molecule has 3 nitrogen and oxygen atoms in total. The van der Waals surface area contributed by atoms with Crippen LogP contribution in [0.2, 0.25) is 0 Å². The lowest BCUT2D eigenvalue weighted by molar-refractivity contribution is 0.334. The third-order valence-electron chi connectivity index (χ3n) is 4.04. The van der Waals surface area contributed by atoms with Crippen LogP contribution >= 0.6 is 15.9 Å². The zero-order valence-corrected chi connectivity index (χ0v) is 11.7. The van der Waals surface area contributed by atoms with E-state index >= 15 is 0 Å². The molecule has 3 rings (SSSR count). The van der Waals surface area contributed by atoms with Gasteiger partial charge in [-0.2, -0.15) is 0 Å². The van der Waals surface area contributed by atoms with Crippen LogP contribution in [0.1, 0.15) is 26.2 Å². The molecule has 1 aromatic heterocycles. The van der Waals surface area contributed by atoms with Crippen LogP contribution in [0.3, 0.4) is 0 Å². The van der Waals surface area contributed by atoms with Crippen molar-refractivity contribution in [2.24, 2.45) is 5.92 Å². The highest BCUT2D eigenvalue weighted by Gasteiger charge is 2.32. The van der Waals surface area contributed by atoms with Crippen molar-refractivity contribution in [2.45, 2.75) is 32.2 Å². The molecule has 1 aromatic rings. The zero-order chi connectivity index (χ0) is 11.8. The predicted octanol–water partition coefficient (Wildman–Crippen LogP) is 3.26. The Morgan fingerprint density at radius 1 is 1.59 bits per heavy atom. The van der Waals surface area contributed by atoms with E-state index in [1.807, 2.05) is 6.20 Å². The van der Waals surface area contributed by atoms with Gasteiger partial charge in [0.2, 0.25) is 0 Å². The van der Waals surface area contributed by atoms with Crippen molar-refractivity contribution in [3.05, 3.63) is 16.7 Å². The molecule has 0 bridgehead atoms. The first kappa shape index (κ1) is 11.3. The van der Waals surface area contributed by atoms with Crippen LogP contribution in [-0.4, -0.2) is 24.1 Å². The smallest absolute Gasteiger partial charge is 0.152 e. The Labute approximate surface area is 111 Å². The van der Waals surface area contributed by atoms with Crippen molar-refractivity contribution >= 4 is 27.4 Å². The van der Waals surface area contributed by atoms with Crippen LogP contribution in [0, 0.1) is 5.92 Å². The molecule has 92 valence electrons. The van der Waals surface area contributed by atoms with Gasteiger partial charge >= 0.3 is 0 Å². The van der Waals surface area contributed by atoms with Gasteiger partial charge in [-0.25, -0.2) is 4.98 Å². The number of halogens is 1. The maximum absolute atomic E-state index is 4.57. The van der Waals surface area contributed by atoms with Crippen LogP contribution < -0.4 is 10.2 Å². The van der Waals surface area contributed by atoms with Gasteiger partial charge in [-0.15, -0.1) is 0 Å². The number of hydrogen-bond donors (Lipinski definition) is 1. The maximum atomic E-state index is 4.57. The molecule has 1 saturated heterocycles. The molecular weight excluding hydrogens is 278 g/mol. The highest BCUT2D eigenvalue weighted by Crippen LogP contribution is 2.36. The molecule has 17 heavy (non-hydrogen) atoms. The molecule has 3 heterocycles. The summed E-state index contributed by atoms with van der Waals surface area (Å²) >= 11 is 3.48. The van der Waals surface area contributed by atoms with E-state index in [-0.39, 0.29) is 0 Å². The number of aromatic nitrogens is 1. The van der Waals surface area contributed by atoms with Gasteiger partial charge in [-0.1, -0.05) is 13.3 Å². The first-order valence-corrected chi connectivity index (χ1v) is 7.23. The summed E-state index contributed by atoms with van der Waals surface area (Å²) in [6, 6.07) is 2.76. The van der Waals surface area contributed by atoms with E-state index in [0.717, 1.165) is 29.3 Å². The number of fused-ring (bicyclic) bond motifs is 3. The Morgan fingerprint density at radius 3 is 3.29 bits per heavy atom. The van der Waals surface area contributed by atoms with Crippen LogP contribution in [0.15, 0.2) is 16.7 Å². The highest BCUT2D eigenvalue weighted by molar-refractivity contribution is 9.10. The second-order valence-corrected chi connectivity index (χ2v) is 5.97. The minimum atomic E-state index is 0.634. The van der Waals surface area contributed by atoms with Crippen molar-refractivity contribution < 1.29 is 0 Å². The molecule has 0 spiro atoms. The van der Waals surface area contributed by atoms with Crippen LogP contribution in [-0.2, 0) is 0 Å². The summed E-state index contributed by atoms with van der Waals surface area (Å²) in [6.07, 6.45) is 5.82. The number of rotatable bonds is 1. The van der Waals surface area contributed by atoms with Gasteiger partial charge in [0.25, 0.3) is 0 Å². The van der Waals surface area contributed by atoms with Gasteiger partial charge in [0.1, 0.15) is 0 Å². The van der Waals surface area contributed by atoms with Crippen molar-refractivity contribution in [2.75, 3.05) is 23.3 Å². The van der Waals surface area contributed by atoms with Crippen molar-refractivity contribution in [3.63, 3.8) is 0 Å². The van der Waals surface area contributed by atoms with Crippen molar-refractivity contribution in [1.82, 2.24) is 4.98 Å². The van der Waals surface area contributed by atoms with Gasteiger partial charge in [0.15, 0.2) is 5.82 Å². The lowest BCUT2D eigenvalue weighted by atomic mass is 9.88. The Hall–Kier alpha value is -0.770. The summed E-state index contributed by atoms with van der Waals surface area (Å²) in [6.45, 7) is 4.52. The summed E-state index contributed by atoms with van der Waals surface area (Å²) in [5, 5.41) is 3.51. The van der Waals surface area contributed by atoms with E-state index in [1.165, 1.54) is 24.9 Å². The van der Waals surface area contributed by atoms with Crippen molar-refractivity contribution in [1.29, 1.82) is 0 Å². The fourth-order valence-electron chi connectivity index (χ4n) is 3.00. The quantitative estimate of drug-likeness (QED) is 0.862. The summed E-state index contributed by atoms with van der Waals surface area (Å²) in [7, 11) is 0. The second kappa shape index (κ2) is 4.48. The molecule has 1 fully saturated rings. The van der Waals surface area contributed by atoms with Gasteiger partial charge in [-0.05, 0) is 40.8 Å². The summed E-state index contributed by atoms with van der Waals surface area (Å²) in [5.41, 5.74) is 1.17. The van der Waals surface area contributed by atoms with E-state index in [4.69, 9.17) is 0 Å². The second-order valence-electron chi connectivity index (χ2n) is 5.05. The maximum Gasteiger partial charge on any atom is 0.152 e. The third kappa shape index (κ3) is 2.03. The summed E-state index contributed by atoms with van der Waals surface area (Å²) in [4.78, 5) is 7.06. The van der Waals surface area contributed by atoms with Gasteiger partial charge in [0.05, 0.1) is 5.69 Å². The molecule has 2 aliphatic rings.